The van der Waals surface area contributed by atoms with Gasteiger partial charge in [0.25, 0.3) is 5.56 Å². The molecule has 9 nitrogen and oxygen atoms in total. The highest BCUT2D eigenvalue weighted by atomic mass is 16.6. The van der Waals surface area contributed by atoms with Crippen LogP contribution in [-0.2, 0) is 17.9 Å². The summed E-state index contributed by atoms with van der Waals surface area (Å²) in [6.07, 6.45) is 3.13. The van der Waals surface area contributed by atoms with Gasteiger partial charge in [-0.2, -0.15) is 0 Å². The number of ether oxygens (including phenoxy) is 3. The lowest BCUT2D eigenvalue weighted by molar-refractivity contribution is 0.0196. The van der Waals surface area contributed by atoms with Crippen LogP contribution in [0.1, 0.15) is 39.2 Å². The molecular weight excluding hydrogens is 484 g/mol. The number of hydrogen-bond acceptors (Lipinski definition) is 7. The zero-order valence-corrected chi connectivity index (χ0v) is 22.4. The minimum absolute atomic E-state index is 0.0138. The summed E-state index contributed by atoms with van der Waals surface area (Å²) in [6.45, 7) is 10.5. The first-order valence-electron chi connectivity index (χ1n) is 13.3. The van der Waals surface area contributed by atoms with Gasteiger partial charge in [-0.25, -0.2) is 4.79 Å². The Morgan fingerprint density at radius 3 is 2.58 bits per heavy atom. The number of benzene rings is 1. The lowest BCUT2D eigenvalue weighted by Crippen LogP contribution is -2.55. The minimum atomic E-state index is -0.375. The second kappa shape index (κ2) is 11.0. The van der Waals surface area contributed by atoms with Crippen molar-refractivity contribution in [1.82, 2.24) is 19.4 Å². The molecule has 0 radical (unpaired) electrons. The Balaban J connectivity index is 1.18. The van der Waals surface area contributed by atoms with E-state index in [9.17, 15) is 9.59 Å². The molecule has 2 aromatic heterocycles. The molecule has 1 amide bonds. The maximum atomic E-state index is 13.3. The van der Waals surface area contributed by atoms with E-state index in [2.05, 4.69) is 9.88 Å². The Labute approximate surface area is 222 Å². The van der Waals surface area contributed by atoms with Crippen LogP contribution in [0.2, 0.25) is 0 Å². The van der Waals surface area contributed by atoms with E-state index in [-0.39, 0.29) is 29.8 Å². The van der Waals surface area contributed by atoms with Crippen LogP contribution < -0.4 is 15.0 Å². The first-order chi connectivity index (χ1) is 18.3. The molecule has 0 spiro atoms. The van der Waals surface area contributed by atoms with E-state index in [0.717, 1.165) is 54.8 Å². The van der Waals surface area contributed by atoms with Gasteiger partial charge >= 0.3 is 6.09 Å². The van der Waals surface area contributed by atoms with Crippen LogP contribution >= 0.6 is 0 Å². The fourth-order valence-electron chi connectivity index (χ4n) is 5.36. The van der Waals surface area contributed by atoms with Crippen LogP contribution in [0.25, 0.3) is 11.0 Å². The van der Waals surface area contributed by atoms with E-state index < -0.39 is 0 Å². The van der Waals surface area contributed by atoms with Crippen molar-refractivity contribution in [2.24, 2.45) is 0 Å². The molecule has 5 rings (SSSR count). The van der Waals surface area contributed by atoms with Crippen molar-refractivity contribution in [1.29, 1.82) is 0 Å². The summed E-state index contributed by atoms with van der Waals surface area (Å²) in [5.74, 6) is 1.41. The molecule has 202 valence electrons. The maximum Gasteiger partial charge on any atom is 0.410 e. The summed E-state index contributed by atoms with van der Waals surface area (Å²) >= 11 is 0. The third-order valence-corrected chi connectivity index (χ3v) is 7.21. The third-order valence-electron chi connectivity index (χ3n) is 7.21. The molecule has 9 heteroatoms. The van der Waals surface area contributed by atoms with E-state index >= 15 is 0 Å². The molecule has 38 heavy (non-hydrogen) atoms. The van der Waals surface area contributed by atoms with Gasteiger partial charge in [0.05, 0.1) is 11.0 Å². The molecule has 2 aliphatic heterocycles. The Hall–Kier alpha value is -3.59. The lowest BCUT2D eigenvalue weighted by Gasteiger charge is -2.44. The van der Waals surface area contributed by atoms with E-state index in [1.165, 1.54) is 0 Å². The molecule has 1 fully saturated rings. The maximum absolute atomic E-state index is 13.3. The zero-order chi connectivity index (χ0) is 26.7. The van der Waals surface area contributed by atoms with Crippen molar-refractivity contribution in [3.63, 3.8) is 0 Å². The van der Waals surface area contributed by atoms with Gasteiger partial charge in [-0.1, -0.05) is 6.07 Å². The van der Waals surface area contributed by atoms with Gasteiger partial charge in [0.1, 0.15) is 19.8 Å². The average Bonchev–Trinajstić information content (AvgIpc) is 2.91. The number of likely N-dealkylation sites (tertiary alicyclic amines) is 1. The number of carbonyl (C=O) groups excluding carboxylic acids is 1. The van der Waals surface area contributed by atoms with Gasteiger partial charge in [0, 0.05) is 50.0 Å². The molecule has 4 heterocycles. The first-order valence-corrected chi connectivity index (χ1v) is 13.3. The number of aromatic nitrogens is 2. The summed E-state index contributed by atoms with van der Waals surface area (Å²) < 4.78 is 18.8. The van der Waals surface area contributed by atoms with Crippen molar-refractivity contribution < 1.29 is 19.0 Å². The Morgan fingerprint density at radius 2 is 1.82 bits per heavy atom. The smallest absolute Gasteiger partial charge is 0.410 e. The van der Waals surface area contributed by atoms with Crippen molar-refractivity contribution in [2.75, 3.05) is 32.8 Å². The van der Waals surface area contributed by atoms with Crippen LogP contribution in [0.4, 0.5) is 4.79 Å². The number of fused-ring (bicyclic) bond motifs is 2. The molecule has 0 aliphatic carbocycles. The van der Waals surface area contributed by atoms with E-state index in [1.807, 2.05) is 56.0 Å². The van der Waals surface area contributed by atoms with Crippen molar-refractivity contribution in [3.8, 4) is 11.5 Å². The molecule has 1 aromatic carbocycles. The Bertz CT molecular complexity index is 1340. The lowest BCUT2D eigenvalue weighted by atomic mass is 9.97. The number of carbonyl (C=O) groups is 1. The van der Waals surface area contributed by atoms with E-state index in [0.29, 0.717) is 25.5 Å². The molecule has 0 saturated carbocycles. The number of amides is 1. The SMILES string of the molecule is CC(C)(C)N(C(=O)OCc1ccc2c(c1)OCCO2)C1CCN(CCn2c(=O)ccc3ncccc32)CC1. The molecule has 1 saturated heterocycles. The summed E-state index contributed by atoms with van der Waals surface area (Å²) in [5.41, 5.74) is 2.15. The number of pyridine rings is 2. The van der Waals surface area contributed by atoms with Crippen LogP contribution in [0.3, 0.4) is 0 Å². The predicted octanol–water partition coefficient (Wildman–Crippen LogP) is 4.07. The normalized spacial score (nSPS) is 16.4. The van der Waals surface area contributed by atoms with Crippen LogP contribution in [0.5, 0.6) is 11.5 Å². The van der Waals surface area contributed by atoms with Crippen molar-refractivity contribution in [2.45, 2.75) is 58.3 Å². The van der Waals surface area contributed by atoms with Crippen molar-refractivity contribution >= 4 is 17.1 Å². The highest BCUT2D eigenvalue weighted by Crippen LogP contribution is 2.31. The standard InChI is InChI=1S/C29H36N4O5/c1-29(2,3)33(28(35)38-20-21-6-8-25-26(19-21)37-18-17-36-25)22-10-13-31(14-11-22)15-16-32-24-5-4-12-30-23(24)7-9-27(32)34/h4-9,12,19,22H,10-11,13-18,20H2,1-3H3. The average molecular weight is 521 g/mol. The van der Waals surface area contributed by atoms with Gasteiger partial charge in [0.15, 0.2) is 11.5 Å². The molecule has 0 unspecified atom stereocenters. The fraction of sp³-hybridized carbons (Fsp3) is 0.483. The van der Waals surface area contributed by atoms with E-state index in [4.69, 9.17) is 14.2 Å². The van der Waals surface area contributed by atoms with Crippen LogP contribution in [-0.4, -0.2) is 69.9 Å². The van der Waals surface area contributed by atoms with Gasteiger partial charge in [-0.05, 0) is 69.5 Å². The molecule has 3 aromatic rings. The third kappa shape index (κ3) is 5.78. The van der Waals surface area contributed by atoms with Crippen LogP contribution in [0, 0.1) is 0 Å². The molecular formula is C29H36N4O5. The second-order valence-corrected chi connectivity index (χ2v) is 10.9. The highest BCUT2D eigenvalue weighted by molar-refractivity contribution is 5.74. The van der Waals surface area contributed by atoms with Gasteiger partial charge in [0.2, 0.25) is 0 Å². The largest absolute Gasteiger partial charge is 0.486 e. The van der Waals surface area contributed by atoms with Gasteiger partial charge in [-0.3, -0.25) is 9.78 Å². The quantitative estimate of drug-likeness (QED) is 0.484. The monoisotopic (exact) mass is 520 g/mol. The number of hydrogen-bond donors (Lipinski definition) is 0. The minimum Gasteiger partial charge on any atom is -0.486 e. The topological polar surface area (TPSA) is 86.1 Å². The fourth-order valence-corrected chi connectivity index (χ4v) is 5.36. The van der Waals surface area contributed by atoms with E-state index in [1.54, 1.807) is 22.9 Å². The van der Waals surface area contributed by atoms with Crippen molar-refractivity contribution in [3.05, 3.63) is 64.6 Å². The summed E-state index contributed by atoms with van der Waals surface area (Å²) in [5, 5.41) is 0. The van der Waals surface area contributed by atoms with Gasteiger partial charge in [-0.15, -0.1) is 0 Å². The zero-order valence-electron chi connectivity index (χ0n) is 22.4. The first kappa shape index (κ1) is 26.0. The number of piperidine rings is 1. The second-order valence-electron chi connectivity index (χ2n) is 10.9. The summed E-state index contributed by atoms with van der Waals surface area (Å²) in [7, 11) is 0. The highest BCUT2D eigenvalue weighted by Gasteiger charge is 2.36. The Kier molecular flexibility index (Phi) is 7.56. The molecule has 0 bridgehead atoms. The number of nitrogens with zero attached hydrogens (tertiary/aromatic N) is 4. The molecule has 2 aliphatic rings. The summed E-state index contributed by atoms with van der Waals surface area (Å²) in [6, 6.07) is 12.9. The van der Waals surface area contributed by atoms with Crippen LogP contribution in [0.15, 0.2) is 53.5 Å². The molecule has 0 N–H and O–H groups in total. The molecule has 0 atom stereocenters. The Morgan fingerprint density at radius 1 is 1.05 bits per heavy atom. The van der Waals surface area contributed by atoms with Gasteiger partial charge < -0.3 is 28.6 Å². The number of rotatable bonds is 6. The summed E-state index contributed by atoms with van der Waals surface area (Å²) in [4.78, 5) is 34.4. The predicted molar refractivity (Wildman–Crippen MR) is 145 cm³/mol.